The van der Waals surface area contributed by atoms with Crippen LogP contribution in [0.15, 0.2) is 30.3 Å². The van der Waals surface area contributed by atoms with Gasteiger partial charge in [0, 0.05) is 6.61 Å². The van der Waals surface area contributed by atoms with Crippen molar-refractivity contribution >= 4 is 8.32 Å². The average Bonchev–Trinajstić information content (AvgIpc) is 2.50. The van der Waals surface area contributed by atoms with Crippen LogP contribution in [0, 0.1) is 0 Å². The fourth-order valence-electron chi connectivity index (χ4n) is 3.05. The minimum Gasteiger partial charge on any atom is -0.418 e. The number of hydrogen-bond acceptors (Lipinski definition) is 1. The molecule has 0 spiro atoms. The Kier molecular flexibility index (Phi) is 10.5. The highest BCUT2D eigenvalue weighted by molar-refractivity contribution is 6.71. The second-order valence-corrected chi connectivity index (χ2v) is 11.3. The predicted octanol–water partition coefficient (Wildman–Crippen LogP) is 6.59. The van der Waals surface area contributed by atoms with Gasteiger partial charge in [-0.05, 0) is 44.5 Å². The van der Waals surface area contributed by atoms with E-state index in [4.69, 9.17) is 4.43 Å². The molecule has 1 aromatic rings. The molecule has 0 atom stereocenters. The molecule has 0 amide bonds. The van der Waals surface area contributed by atoms with Crippen molar-refractivity contribution in [2.24, 2.45) is 0 Å². The van der Waals surface area contributed by atoms with E-state index in [0.29, 0.717) is 0 Å². The molecular formula is C20H36OSi. The van der Waals surface area contributed by atoms with Crippen LogP contribution in [-0.2, 0) is 10.8 Å². The maximum atomic E-state index is 5.88. The summed E-state index contributed by atoms with van der Waals surface area (Å²) in [6.45, 7) is 7.71. The summed E-state index contributed by atoms with van der Waals surface area (Å²) in [7, 11) is -1.32. The maximum absolute atomic E-state index is 5.88. The predicted molar refractivity (Wildman–Crippen MR) is 101 cm³/mol. The van der Waals surface area contributed by atoms with E-state index in [9.17, 15) is 0 Å². The quantitative estimate of drug-likeness (QED) is 0.294. The summed E-state index contributed by atoms with van der Waals surface area (Å²) in [5, 5.41) is 0. The Balaban J connectivity index is 1.86. The van der Waals surface area contributed by atoms with Crippen LogP contribution in [0.4, 0.5) is 0 Å². The molecule has 1 nitrogen and oxygen atoms in total. The van der Waals surface area contributed by atoms with Gasteiger partial charge in [0.25, 0.3) is 0 Å². The Morgan fingerprint density at radius 2 is 1.32 bits per heavy atom. The molecule has 0 aliphatic rings. The largest absolute Gasteiger partial charge is 0.418 e. The van der Waals surface area contributed by atoms with E-state index in [1.54, 1.807) is 0 Å². The van der Waals surface area contributed by atoms with E-state index in [2.05, 4.69) is 50.3 Å². The second kappa shape index (κ2) is 11.9. The third-order valence-electron chi connectivity index (χ3n) is 4.37. The highest BCUT2D eigenvalue weighted by Gasteiger charge is 2.20. The van der Waals surface area contributed by atoms with Crippen molar-refractivity contribution in [2.45, 2.75) is 83.8 Å². The van der Waals surface area contributed by atoms with Gasteiger partial charge < -0.3 is 4.43 Å². The molecule has 0 radical (unpaired) electrons. The molecule has 22 heavy (non-hydrogen) atoms. The molecule has 0 fully saturated rings. The van der Waals surface area contributed by atoms with Crippen LogP contribution in [0.2, 0.25) is 19.1 Å². The standard InChI is InChI=1S/C20H36OSi/c1-4-21-22(2,3)19-15-10-8-6-5-7-9-12-16-20-17-13-11-14-18-20/h11,13-14,17-18H,4-10,12,15-16,19H2,1-3H3. The number of aryl methyl sites for hydroxylation is 1. The smallest absolute Gasteiger partial charge is 0.186 e. The maximum Gasteiger partial charge on any atom is 0.186 e. The van der Waals surface area contributed by atoms with Crippen LogP contribution >= 0.6 is 0 Å². The first-order valence-electron chi connectivity index (χ1n) is 9.32. The minimum atomic E-state index is -1.32. The van der Waals surface area contributed by atoms with Crippen molar-refractivity contribution in [1.29, 1.82) is 0 Å². The summed E-state index contributed by atoms with van der Waals surface area (Å²) >= 11 is 0. The minimum absolute atomic E-state index is 0.891. The van der Waals surface area contributed by atoms with E-state index in [1.165, 1.54) is 69.4 Å². The molecule has 2 heteroatoms. The van der Waals surface area contributed by atoms with E-state index >= 15 is 0 Å². The average molecular weight is 321 g/mol. The Morgan fingerprint density at radius 1 is 0.773 bits per heavy atom. The van der Waals surface area contributed by atoms with Gasteiger partial charge in [0.05, 0.1) is 0 Å². The van der Waals surface area contributed by atoms with Crippen LogP contribution in [0.3, 0.4) is 0 Å². The molecule has 0 aliphatic heterocycles. The SMILES string of the molecule is CCO[Si](C)(C)CCCCCCCCCCc1ccccc1. The number of unbranched alkanes of at least 4 members (excludes halogenated alkanes) is 7. The van der Waals surface area contributed by atoms with E-state index < -0.39 is 8.32 Å². The zero-order chi connectivity index (χ0) is 16.1. The molecule has 0 saturated carbocycles. The van der Waals surface area contributed by atoms with Gasteiger partial charge in [-0.25, -0.2) is 0 Å². The lowest BCUT2D eigenvalue weighted by Crippen LogP contribution is -2.29. The van der Waals surface area contributed by atoms with Gasteiger partial charge >= 0.3 is 0 Å². The van der Waals surface area contributed by atoms with Crippen molar-refractivity contribution in [3.63, 3.8) is 0 Å². The second-order valence-electron chi connectivity index (χ2n) is 7.01. The zero-order valence-corrected chi connectivity index (χ0v) is 16.1. The Bertz CT molecular complexity index is 361. The Morgan fingerprint density at radius 3 is 1.91 bits per heavy atom. The molecule has 126 valence electrons. The van der Waals surface area contributed by atoms with Crippen molar-refractivity contribution in [3.8, 4) is 0 Å². The first kappa shape index (κ1) is 19.4. The third kappa shape index (κ3) is 10.2. The summed E-state index contributed by atoms with van der Waals surface area (Å²) in [4.78, 5) is 0. The molecule has 0 N–H and O–H groups in total. The molecule has 1 aromatic carbocycles. The zero-order valence-electron chi connectivity index (χ0n) is 15.1. The fourth-order valence-corrected chi connectivity index (χ4v) is 5.08. The molecule has 0 bridgehead atoms. The van der Waals surface area contributed by atoms with Crippen molar-refractivity contribution in [3.05, 3.63) is 35.9 Å². The number of benzene rings is 1. The van der Waals surface area contributed by atoms with E-state index in [0.717, 1.165) is 6.61 Å². The molecular weight excluding hydrogens is 284 g/mol. The lowest BCUT2D eigenvalue weighted by molar-refractivity contribution is 0.327. The molecule has 0 aromatic heterocycles. The normalized spacial score (nSPS) is 11.8. The van der Waals surface area contributed by atoms with Gasteiger partial charge in [-0.2, -0.15) is 0 Å². The Hall–Kier alpha value is -0.603. The lowest BCUT2D eigenvalue weighted by Gasteiger charge is -2.21. The van der Waals surface area contributed by atoms with Gasteiger partial charge in [0.2, 0.25) is 0 Å². The highest BCUT2D eigenvalue weighted by Crippen LogP contribution is 2.17. The first-order chi connectivity index (χ1) is 10.6. The van der Waals surface area contributed by atoms with Gasteiger partial charge in [-0.15, -0.1) is 0 Å². The molecule has 0 aliphatic carbocycles. The van der Waals surface area contributed by atoms with Crippen molar-refractivity contribution < 1.29 is 4.43 Å². The van der Waals surface area contributed by atoms with Gasteiger partial charge in [-0.3, -0.25) is 0 Å². The van der Waals surface area contributed by atoms with Crippen molar-refractivity contribution in [2.75, 3.05) is 6.61 Å². The van der Waals surface area contributed by atoms with E-state index in [1.807, 2.05) is 0 Å². The van der Waals surface area contributed by atoms with E-state index in [-0.39, 0.29) is 0 Å². The van der Waals surface area contributed by atoms with Gasteiger partial charge in [-0.1, -0.05) is 75.3 Å². The van der Waals surface area contributed by atoms with Gasteiger partial charge in [0.1, 0.15) is 0 Å². The highest BCUT2D eigenvalue weighted by atomic mass is 28.4. The number of rotatable bonds is 13. The number of hydrogen-bond donors (Lipinski definition) is 0. The van der Waals surface area contributed by atoms with Crippen LogP contribution < -0.4 is 0 Å². The Labute approximate surface area is 139 Å². The summed E-state index contributed by atoms with van der Waals surface area (Å²) in [5.74, 6) is 0. The molecule has 0 heterocycles. The van der Waals surface area contributed by atoms with Gasteiger partial charge in [0.15, 0.2) is 8.32 Å². The van der Waals surface area contributed by atoms with Crippen LogP contribution in [0.25, 0.3) is 0 Å². The lowest BCUT2D eigenvalue weighted by atomic mass is 10.0. The topological polar surface area (TPSA) is 9.23 Å². The summed E-state index contributed by atoms with van der Waals surface area (Å²) < 4.78 is 5.88. The fraction of sp³-hybridized carbons (Fsp3) is 0.700. The van der Waals surface area contributed by atoms with Crippen molar-refractivity contribution in [1.82, 2.24) is 0 Å². The van der Waals surface area contributed by atoms with Crippen LogP contribution in [-0.4, -0.2) is 14.9 Å². The first-order valence-corrected chi connectivity index (χ1v) is 12.4. The summed E-state index contributed by atoms with van der Waals surface area (Å²) in [6, 6.07) is 12.2. The molecule has 1 rings (SSSR count). The summed E-state index contributed by atoms with van der Waals surface area (Å²) in [6.07, 6.45) is 12.4. The molecule has 0 saturated heterocycles. The van der Waals surface area contributed by atoms with Crippen LogP contribution in [0.5, 0.6) is 0 Å². The van der Waals surface area contributed by atoms with Crippen LogP contribution in [0.1, 0.15) is 63.9 Å². The summed E-state index contributed by atoms with van der Waals surface area (Å²) in [5.41, 5.74) is 1.49. The third-order valence-corrected chi connectivity index (χ3v) is 7.00. The monoisotopic (exact) mass is 320 g/mol. The molecule has 0 unspecified atom stereocenters.